The predicted octanol–water partition coefficient (Wildman–Crippen LogP) is 3.02. The number of nitrogens with zero attached hydrogens (tertiary/aromatic N) is 1. The van der Waals surface area contributed by atoms with Gasteiger partial charge >= 0.3 is 0 Å². The second kappa shape index (κ2) is 5.29. The Kier molecular flexibility index (Phi) is 3.76. The van der Waals surface area contributed by atoms with Crippen molar-refractivity contribution in [3.05, 3.63) is 59.7 Å². The Hall–Kier alpha value is -1.39. The first-order chi connectivity index (χ1) is 8.20. The van der Waals surface area contributed by atoms with Crippen LogP contribution in [0.5, 0.6) is 0 Å². The first-order valence-corrected chi connectivity index (χ1v) is 6.36. The number of benzene rings is 1. The average molecular weight is 249 g/mol. The summed E-state index contributed by atoms with van der Waals surface area (Å²) in [6, 6.07) is 10.4. The van der Waals surface area contributed by atoms with E-state index in [2.05, 4.69) is 4.98 Å². The molecule has 1 aromatic carbocycles. The van der Waals surface area contributed by atoms with E-state index < -0.39 is 12.1 Å². The van der Waals surface area contributed by atoms with E-state index in [-0.39, 0.29) is 0 Å². The lowest BCUT2D eigenvalue weighted by atomic mass is 10.0. The molecule has 17 heavy (non-hydrogen) atoms. The Morgan fingerprint density at radius 1 is 1.12 bits per heavy atom. The first kappa shape index (κ1) is 12.1. The summed E-state index contributed by atoms with van der Waals surface area (Å²) in [4.78, 5) is 4.67. The van der Waals surface area contributed by atoms with Gasteiger partial charge in [-0.25, -0.2) is 4.98 Å². The molecule has 0 saturated heterocycles. The van der Waals surface area contributed by atoms with Crippen LogP contribution >= 0.6 is 11.8 Å². The first-order valence-electron chi connectivity index (χ1n) is 5.14. The van der Waals surface area contributed by atoms with Crippen molar-refractivity contribution in [2.75, 3.05) is 6.26 Å². The molecular formula is C13H12FNOS. The quantitative estimate of drug-likeness (QED) is 0.670. The van der Waals surface area contributed by atoms with E-state index in [1.54, 1.807) is 11.8 Å². The summed E-state index contributed by atoms with van der Waals surface area (Å²) in [7, 11) is 0. The van der Waals surface area contributed by atoms with Crippen molar-refractivity contribution in [1.82, 2.24) is 4.98 Å². The SMILES string of the molecule is CSc1ccc([C@@H](O)c2ccc(F)nc2)cc1. The van der Waals surface area contributed by atoms with Crippen LogP contribution in [0, 0.1) is 5.95 Å². The van der Waals surface area contributed by atoms with Gasteiger partial charge < -0.3 is 5.11 Å². The summed E-state index contributed by atoms with van der Waals surface area (Å²) in [6.07, 6.45) is 2.58. The van der Waals surface area contributed by atoms with Crippen LogP contribution in [0.4, 0.5) is 4.39 Å². The van der Waals surface area contributed by atoms with Gasteiger partial charge in [0.15, 0.2) is 0 Å². The molecule has 0 amide bonds. The Balaban J connectivity index is 2.23. The zero-order chi connectivity index (χ0) is 12.3. The van der Waals surface area contributed by atoms with Crippen molar-refractivity contribution in [2.45, 2.75) is 11.0 Å². The van der Waals surface area contributed by atoms with Gasteiger partial charge in [-0.1, -0.05) is 18.2 Å². The molecule has 0 aliphatic heterocycles. The third kappa shape index (κ3) is 2.84. The van der Waals surface area contributed by atoms with Crippen molar-refractivity contribution < 1.29 is 9.50 Å². The Morgan fingerprint density at radius 2 is 1.76 bits per heavy atom. The minimum absolute atomic E-state index is 0.543. The second-order valence-electron chi connectivity index (χ2n) is 3.59. The van der Waals surface area contributed by atoms with Crippen LogP contribution in [0.2, 0.25) is 0 Å². The summed E-state index contributed by atoms with van der Waals surface area (Å²) in [6.45, 7) is 0. The Bertz CT molecular complexity index is 484. The van der Waals surface area contributed by atoms with Gasteiger partial charge in [0, 0.05) is 16.7 Å². The fourth-order valence-electron chi connectivity index (χ4n) is 1.53. The molecular weight excluding hydrogens is 237 g/mol. The molecule has 1 heterocycles. The van der Waals surface area contributed by atoms with Gasteiger partial charge in [-0.15, -0.1) is 11.8 Å². The lowest BCUT2D eigenvalue weighted by molar-refractivity contribution is 0.219. The number of thioether (sulfide) groups is 1. The molecule has 1 aromatic heterocycles. The van der Waals surface area contributed by atoms with E-state index in [1.165, 1.54) is 18.3 Å². The highest BCUT2D eigenvalue weighted by atomic mass is 32.2. The lowest BCUT2D eigenvalue weighted by Gasteiger charge is -2.11. The number of pyridine rings is 1. The molecule has 0 fully saturated rings. The zero-order valence-electron chi connectivity index (χ0n) is 9.30. The average Bonchev–Trinajstić information content (AvgIpc) is 2.39. The van der Waals surface area contributed by atoms with E-state index in [9.17, 15) is 9.50 Å². The van der Waals surface area contributed by atoms with Gasteiger partial charge in [0.2, 0.25) is 5.95 Å². The minimum atomic E-state index is -0.765. The molecule has 0 aliphatic rings. The molecule has 0 bridgehead atoms. The third-order valence-electron chi connectivity index (χ3n) is 2.50. The summed E-state index contributed by atoms with van der Waals surface area (Å²) in [5.74, 6) is -0.543. The molecule has 88 valence electrons. The smallest absolute Gasteiger partial charge is 0.212 e. The van der Waals surface area contributed by atoms with Crippen molar-refractivity contribution in [1.29, 1.82) is 0 Å². The number of hydrogen-bond acceptors (Lipinski definition) is 3. The van der Waals surface area contributed by atoms with Gasteiger partial charge in [0.05, 0.1) is 0 Å². The highest BCUT2D eigenvalue weighted by Gasteiger charge is 2.10. The normalized spacial score (nSPS) is 12.4. The number of aliphatic hydroxyl groups is 1. The molecule has 0 radical (unpaired) electrons. The van der Waals surface area contributed by atoms with E-state index in [0.29, 0.717) is 5.56 Å². The standard InChI is InChI=1S/C13H12FNOS/c1-17-11-5-2-9(3-6-11)13(16)10-4-7-12(14)15-8-10/h2-8,13,16H,1H3/t13-/m1/s1. The number of hydrogen-bond donors (Lipinski definition) is 1. The molecule has 2 rings (SSSR count). The van der Waals surface area contributed by atoms with Crippen LogP contribution in [0.25, 0.3) is 0 Å². The van der Waals surface area contributed by atoms with Crippen molar-refractivity contribution >= 4 is 11.8 Å². The lowest BCUT2D eigenvalue weighted by Crippen LogP contribution is -2.00. The van der Waals surface area contributed by atoms with Gasteiger partial charge in [-0.3, -0.25) is 0 Å². The van der Waals surface area contributed by atoms with Crippen LogP contribution in [-0.2, 0) is 0 Å². The summed E-state index contributed by atoms with van der Waals surface area (Å²) < 4.78 is 12.7. The maximum Gasteiger partial charge on any atom is 0.212 e. The summed E-state index contributed by atoms with van der Waals surface area (Å²) >= 11 is 1.64. The number of aliphatic hydroxyl groups excluding tert-OH is 1. The molecule has 2 nitrogen and oxygen atoms in total. The maximum atomic E-state index is 12.7. The van der Waals surface area contributed by atoms with Crippen LogP contribution in [0.1, 0.15) is 17.2 Å². The minimum Gasteiger partial charge on any atom is -0.384 e. The van der Waals surface area contributed by atoms with E-state index in [4.69, 9.17) is 0 Å². The largest absolute Gasteiger partial charge is 0.384 e. The van der Waals surface area contributed by atoms with Gasteiger partial charge in [0.1, 0.15) is 6.10 Å². The fourth-order valence-corrected chi connectivity index (χ4v) is 1.94. The molecule has 0 saturated carbocycles. The van der Waals surface area contributed by atoms with E-state index >= 15 is 0 Å². The van der Waals surface area contributed by atoms with Crippen molar-refractivity contribution in [3.63, 3.8) is 0 Å². The van der Waals surface area contributed by atoms with Crippen molar-refractivity contribution in [3.8, 4) is 0 Å². The zero-order valence-corrected chi connectivity index (χ0v) is 10.1. The van der Waals surface area contributed by atoms with Gasteiger partial charge in [0.25, 0.3) is 0 Å². The molecule has 1 atom stereocenters. The van der Waals surface area contributed by atoms with Gasteiger partial charge in [-0.2, -0.15) is 4.39 Å². The van der Waals surface area contributed by atoms with Crippen LogP contribution in [-0.4, -0.2) is 16.3 Å². The highest BCUT2D eigenvalue weighted by Crippen LogP contribution is 2.23. The van der Waals surface area contributed by atoms with E-state index in [1.807, 2.05) is 30.5 Å². The maximum absolute atomic E-state index is 12.7. The van der Waals surface area contributed by atoms with Crippen LogP contribution < -0.4 is 0 Å². The van der Waals surface area contributed by atoms with E-state index in [0.717, 1.165) is 10.5 Å². The topological polar surface area (TPSA) is 33.1 Å². The predicted molar refractivity (Wildman–Crippen MR) is 66.5 cm³/mol. The molecule has 1 N–H and O–H groups in total. The monoisotopic (exact) mass is 249 g/mol. The molecule has 0 unspecified atom stereocenters. The molecule has 2 aromatic rings. The molecule has 0 spiro atoms. The van der Waals surface area contributed by atoms with Crippen molar-refractivity contribution in [2.24, 2.45) is 0 Å². The van der Waals surface area contributed by atoms with Crippen LogP contribution in [0.3, 0.4) is 0 Å². The van der Waals surface area contributed by atoms with Gasteiger partial charge in [-0.05, 0) is 30.0 Å². The number of aromatic nitrogens is 1. The Labute approximate surface area is 104 Å². The Morgan fingerprint density at radius 3 is 2.29 bits per heavy atom. The second-order valence-corrected chi connectivity index (χ2v) is 4.47. The molecule has 0 aliphatic carbocycles. The number of halogens is 1. The van der Waals surface area contributed by atoms with Crippen LogP contribution in [0.15, 0.2) is 47.5 Å². The number of rotatable bonds is 3. The molecule has 4 heteroatoms. The third-order valence-corrected chi connectivity index (χ3v) is 3.24. The summed E-state index contributed by atoms with van der Waals surface area (Å²) in [5.41, 5.74) is 1.36. The highest BCUT2D eigenvalue weighted by molar-refractivity contribution is 7.98. The fraction of sp³-hybridized carbons (Fsp3) is 0.154. The summed E-state index contributed by atoms with van der Waals surface area (Å²) in [5, 5.41) is 10.1.